The van der Waals surface area contributed by atoms with Crippen LogP contribution in [0, 0.1) is 6.92 Å². The van der Waals surface area contributed by atoms with Crippen LogP contribution in [0.4, 0.5) is 5.69 Å². The first kappa shape index (κ1) is 27.1. The van der Waals surface area contributed by atoms with Crippen molar-refractivity contribution in [3.63, 3.8) is 0 Å². The van der Waals surface area contributed by atoms with Crippen LogP contribution >= 0.6 is 0 Å². The highest BCUT2D eigenvalue weighted by atomic mass is 16.5. The van der Waals surface area contributed by atoms with Crippen LogP contribution in [0.2, 0.25) is 0 Å². The third-order valence-corrected chi connectivity index (χ3v) is 7.77. The zero-order chi connectivity index (χ0) is 29.2. The highest BCUT2D eigenvalue weighted by Crippen LogP contribution is 2.31. The number of aryl methyl sites for hydroxylation is 1. The standard InChI is InChI=1S/C34H32N4O4/c1-23-11-13-25(14-12-23)32-35-29(22-38(32)26-8-6-9-27(21-26)41-2)33(39)37-19-17-36(18-20-37)30-16-15-24-7-4-5-10-28(24)31(30)34(40)42-3/h4-16,21-22H,17-20H2,1-3H3. The Morgan fingerprint density at radius 3 is 2.33 bits per heavy atom. The molecule has 5 aromatic rings. The molecule has 4 aromatic carbocycles. The molecular weight excluding hydrogens is 528 g/mol. The summed E-state index contributed by atoms with van der Waals surface area (Å²) in [5, 5.41) is 1.83. The number of ether oxygens (including phenoxy) is 2. The Hall–Kier alpha value is -5.11. The van der Waals surface area contributed by atoms with E-state index in [2.05, 4.69) is 4.90 Å². The van der Waals surface area contributed by atoms with E-state index in [4.69, 9.17) is 14.5 Å². The minimum atomic E-state index is -0.368. The number of aromatic nitrogens is 2. The molecule has 212 valence electrons. The van der Waals surface area contributed by atoms with Crippen molar-refractivity contribution in [3.05, 3.63) is 108 Å². The van der Waals surface area contributed by atoms with Crippen LogP contribution in [-0.4, -0.2) is 66.7 Å². The number of carbonyl (C=O) groups excluding carboxylic acids is 2. The van der Waals surface area contributed by atoms with Crippen LogP contribution in [0.3, 0.4) is 0 Å². The first-order valence-electron chi connectivity index (χ1n) is 13.9. The second kappa shape index (κ2) is 11.4. The third-order valence-electron chi connectivity index (χ3n) is 7.77. The number of methoxy groups -OCH3 is 2. The molecule has 1 aliphatic rings. The van der Waals surface area contributed by atoms with E-state index in [1.54, 1.807) is 13.3 Å². The number of rotatable bonds is 6. The molecule has 0 bridgehead atoms. The largest absolute Gasteiger partial charge is 0.497 e. The van der Waals surface area contributed by atoms with Crippen LogP contribution in [0.5, 0.6) is 5.75 Å². The number of imidazole rings is 1. The number of hydrogen-bond donors (Lipinski definition) is 0. The van der Waals surface area contributed by atoms with Gasteiger partial charge in [0.2, 0.25) is 0 Å². The number of benzene rings is 4. The summed E-state index contributed by atoms with van der Waals surface area (Å²) < 4.78 is 12.5. The summed E-state index contributed by atoms with van der Waals surface area (Å²) in [6.07, 6.45) is 1.80. The van der Waals surface area contributed by atoms with Crippen LogP contribution in [0.25, 0.3) is 27.8 Å². The molecule has 0 radical (unpaired) electrons. The van der Waals surface area contributed by atoms with Crippen molar-refractivity contribution in [3.8, 4) is 22.8 Å². The van der Waals surface area contributed by atoms with Crippen LogP contribution < -0.4 is 9.64 Å². The molecule has 0 unspecified atom stereocenters. The van der Waals surface area contributed by atoms with Crippen molar-refractivity contribution >= 4 is 28.3 Å². The van der Waals surface area contributed by atoms with Crippen LogP contribution in [0.1, 0.15) is 26.4 Å². The molecule has 1 amide bonds. The average Bonchev–Trinajstić information content (AvgIpc) is 3.49. The lowest BCUT2D eigenvalue weighted by Crippen LogP contribution is -2.49. The number of amides is 1. The van der Waals surface area contributed by atoms with Crippen molar-refractivity contribution < 1.29 is 19.1 Å². The molecule has 8 heteroatoms. The summed E-state index contributed by atoms with van der Waals surface area (Å²) in [6, 6.07) is 27.6. The zero-order valence-corrected chi connectivity index (χ0v) is 23.9. The van der Waals surface area contributed by atoms with Gasteiger partial charge in [0.15, 0.2) is 0 Å². The summed E-state index contributed by atoms with van der Waals surface area (Å²) >= 11 is 0. The first-order chi connectivity index (χ1) is 20.5. The number of hydrogen-bond acceptors (Lipinski definition) is 6. The van der Waals surface area contributed by atoms with Crippen molar-refractivity contribution in [2.45, 2.75) is 6.92 Å². The normalized spacial score (nSPS) is 13.3. The van der Waals surface area contributed by atoms with Crippen LogP contribution in [-0.2, 0) is 4.74 Å². The zero-order valence-electron chi connectivity index (χ0n) is 23.9. The quantitative estimate of drug-likeness (QED) is 0.246. The molecule has 1 aliphatic heterocycles. The minimum Gasteiger partial charge on any atom is -0.497 e. The molecule has 8 nitrogen and oxygen atoms in total. The first-order valence-corrected chi connectivity index (χ1v) is 13.9. The van der Waals surface area contributed by atoms with Gasteiger partial charge in [-0.15, -0.1) is 0 Å². The molecule has 1 aromatic heterocycles. The van der Waals surface area contributed by atoms with E-state index in [1.807, 2.05) is 101 Å². The van der Waals surface area contributed by atoms with Gasteiger partial charge < -0.3 is 19.3 Å². The highest BCUT2D eigenvalue weighted by molar-refractivity contribution is 6.09. The Morgan fingerprint density at radius 2 is 1.60 bits per heavy atom. The Labute approximate surface area is 244 Å². The molecule has 0 saturated carbocycles. The van der Waals surface area contributed by atoms with Gasteiger partial charge in [-0.1, -0.05) is 66.2 Å². The predicted octanol–water partition coefficient (Wildman–Crippen LogP) is 5.76. The highest BCUT2D eigenvalue weighted by Gasteiger charge is 2.28. The Balaban J connectivity index is 1.28. The van der Waals surface area contributed by atoms with Gasteiger partial charge in [0.1, 0.15) is 17.3 Å². The Morgan fingerprint density at radius 1 is 0.833 bits per heavy atom. The molecule has 0 atom stereocenters. The van der Waals surface area contributed by atoms with Gasteiger partial charge >= 0.3 is 5.97 Å². The fourth-order valence-corrected chi connectivity index (χ4v) is 5.50. The molecule has 0 aliphatic carbocycles. The number of carbonyl (C=O) groups is 2. The lowest BCUT2D eigenvalue weighted by atomic mass is 10.0. The van der Waals surface area contributed by atoms with Crippen molar-refractivity contribution in [2.24, 2.45) is 0 Å². The van der Waals surface area contributed by atoms with Gasteiger partial charge in [0.25, 0.3) is 5.91 Å². The molecule has 6 rings (SSSR count). The molecule has 1 fully saturated rings. The SMILES string of the molecule is COC(=O)c1c(N2CCN(C(=O)c3cn(-c4cccc(OC)c4)c(-c4ccc(C)cc4)n3)CC2)ccc2ccccc12. The summed E-state index contributed by atoms with van der Waals surface area (Å²) in [5.74, 6) is 0.910. The van der Waals surface area contributed by atoms with Gasteiger partial charge in [0, 0.05) is 44.0 Å². The van der Waals surface area contributed by atoms with Gasteiger partial charge in [0.05, 0.1) is 31.2 Å². The summed E-state index contributed by atoms with van der Waals surface area (Å²) in [6.45, 7) is 4.19. The smallest absolute Gasteiger partial charge is 0.340 e. The van der Waals surface area contributed by atoms with Crippen molar-refractivity contribution in [2.75, 3.05) is 45.3 Å². The summed E-state index contributed by atoms with van der Waals surface area (Å²) in [7, 11) is 3.04. The van der Waals surface area contributed by atoms with E-state index in [0.717, 1.165) is 39.0 Å². The topological polar surface area (TPSA) is 76.9 Å². The van der Waals surface area contributed by atoms with Gasteiger partial charge in [-0.3, -0.25) is 9.36 Å². The number of anilines is 1. The maximum atomic E-state index is 13.8. The second-order valence-corrected chi connectivity index (χ2v) is 10.3. The number of nitrogens with zero attached hydrogens (tertiary/aromatic N) is 4. The van der Waals surface area contributed by atoms with E-state index in [-0.39, 0.29) is 11.9 Å². The fourth-order valence-electron chi connectivity index (χ4n) is 5.50. The molecule has 1 saturated heterocycles. The van der Waals surface area contributed by atoms with E-state index in [0.29, 0.717) is 43.3 Å². The predicted molar refractivity (Wildman–Crippen MR) is 164 cm³/mol. The van der Waals surface area contributed by atoms with E-state index in [9.17, 15) is 9.59 Å². The van der Waals surface area contributed by atoms with Gasteiger partial charge in [-0.2, -0.15) is 0 Å². The monoisotopic (exact) mass is 560 g/mol. The van der Waals surface area contributed by atoms with Gasteiger partial charge in [-0.25, -0.2) is 9.78 Å². The number of piperazine rings is 1. The van der Waals surface area contributed by atoms with Crippen molar-refractivity contribution in [1.29, 1.82) is 0 Å². The summed E-state index contributed by atoms with van der Waals surface area (Å²) in [5.41, 5.74) is 4.66. The maximum absolute atomic E-state index is 13.8. The Kier molecular flexibility index (Phi) is 7.35. The van der Waals surface area contributed by atoms with Crippen LogP contribution in [0.15, 0.2) is 91.1 Å². The lowest BCUT2D eigenvalue weighted by Gasteiger charge is -2.36. The average molecular weight is 561 g/mol. The molecular formula is C34H32N4O4. The fraction of sp³-hybridized carbons (Fsp3) is 0.206. The summed E-state index contributed by atoms with van der Waals surface area (Å²) in [4.78, 5) is 35.4. The lowest BCUT2D eigenvalue weighted by molar-refractivity contribution is 0.0602. The Bertz CT molecular complexity index is 1770. The number of esters is 1. The van der Waals surface area contributed by atoms with Crippen molar-refractivity contribution in [1.82, 2.24) is 14.5 Å². The van der Waals surface area contributed by atoms with E-state index < -0.39 is 0 Å². The van der Waals surface area contributed by atoms with Gasteiger partial charge in [-0.05, 0) is 35.9 Å². The number of fused-ring (bicyclic) bond motifs is 1. The molecule has 0 spiro atoms. The third kappa shape index (κ3) is 5.07. The second-order valence-electron chi connectivity index (χ2n) is 10.3. The van der Waals surface area contributed by atoms with E-state index in [1.165, 1.54) is 7.11 Å². The van der Waals surface area contributed by atoms with E-state index >= 15 is 0 Å². The molecule has 42 heavy (non-hydrogen) atoms. The molecule has 0 N–H and O–H groups in total. The minimum absolute atomic E-state index is 0.128. The molecule has 2 heterocycles. The maximum Gasteiger partial charge on any atom is 0.340 e.